The van der Waals surface area contributed by atoms with Crippen molar-refractivity contribution in [2.24, 2.45) is 0 Å². The van der Waals surface area contributed by atoms with Gasteiger partial charge < -0.3 is 28.4 Å². The number of hydrogen-bond acceptors (Lipinski definition) is 15. The Hall–Kier alpha value is -13.4. The van der Waals surface area contributed by atoms with Crippen molar-refractivity contribution in [1.82, 2.24) is 0 Å². The van der Waals surface area contributed by atoms with Gasteiger partial charge in [0.15, 0.2) is 29.4 Å². The van der Waals surface area contributed by atoms with Gasteiger partial charge in [0.05, 0.1) is 16.5 Å². The van der Waals surface area contributed by atoms with Crippen LogP contribution in [0.3, 0.4) is 0 Å². The van der Waals surface area contributed by atoms with Crippen LogP contribution in [-0.2, 0) is 47.2 Å². The lowest BCUT2D eigenvalue weighted by Crippen LogP contribution is -2.27. The Labute approximate surface area is 676 Å². The molecule has 0 heterocycles. The Balaban J connectivity index is 0.000000684. The molecule has 0 bridgehead atoms. The lowest BCUT2D eigenvalue weighted by Gasteiger charge is -2.15. The summed E-state index contributed by atoms with van der Waals surface area (Å²) >= 11 is 0. The first-order valence-electron chi connectivity index (χ1n) is 34.4. The lowest BCUT2D eigenvalue weighted by atomic mass is 10.1. The van der Waals surface area contributed by atoms with E-state index in [1.54, 1.807) is 67.6 Å². The minimum Gasteiger partial charge on any atom is -0.483 e. The molecule has 0 saturated carbocycles. The quantitative estimate of drug-likeness (QED) is 0.0110. The number of hydrogen-bond donors (Lipinski definition) is 0. The van der Waals surface area contributed by atoms with Crippen LogP contribution in [0.2, 0.25) is 0 Å². The number of nitro benzene ring substituents is 2. The minimum absolute atomic E-state index is 0.0353. The largest absolute Gasteiger partial charge is 0.483 e. The van der Waals surface area contributed by atoms with Crippen LogP contribution in [0.1, 0.15) is 105 Å². The van der Waals surface area contributed by atoms with E-state index in [-0.39, 0.29) is 41.3 Å². The van der Waals surface area contributed by atoms with E-state index >= 15 is 0 Å². The van der Waals surface area contributed by atoms with Crippen molar-refractivity contribution >= 4 is 59.2 Å². The monoisotopic (exact) mass is 1680 g/mol. The second-order valence-electron chi connectivity index (χ2n) is 24.8. The van der Waals surface area contributed by atoms with Gasteiger partial charge in [-0.2, -0.15) is 17.6 Å². The van der Waals surface area contributed by atoms with Crippen molar-refractivity contribution < 1.29 is 128 Å². The van der Waals surface area contributed by atoms with Crippen molar-refractivity contribution in [3.8, 4) is 28.7 Å². The molecule has 0 aliphatic carbocycles. The Bertz CT molecular complexity index is 4920. The first-order valence-corrected chi connectivity index (χ1v) is 34.4. The molecule has 8 aromatic carbocycles. The molecule has 119 heavy (non-hydrogen) atoms. The number of nitrogens with zero attached hydrogens (tertiary/aromatic N) is 2. The van der Waals surface area contributed by atoms with E-state index in [2.05, 4.69) is 55.5 Å². The van der Waals surface area contributed by atoms with E-state index in [0.29, 0.717) is 30.9 Å². The molecule has 0 aliphatic rings. The van der Waals surface area contributed by atoms with Crippen LogP contribution in [0, 0.1) is 105 Å². The lowest BCUT2D eigenvalue weighted by molar-refractivity contribution is -0.385. The van der Waals surface area contributed by atoms with Crippen molar-refractivity contribution in [1.29, 1.82) is 0 Å². The third kappa shape index (κ3) is 36.5. The van der Waals surface area contributed by atoms with Gasteiger partial charge in [-0.3, -0.25) is 20.2 Å². The molecule has 8 rings (SSSR count). The van der Waals surface area contributed by atoms with Crippen LogP contribution in [0.5, 0.6) is 28.7 Å². The van der Waals surface area contributed by atoms with Gasteiger partial charge in [-0.1, -0.05) is 149 Å². The van der Waals surface area contributed by atoms with E-state index in [0.717, 1.165) is 114 Å². The second kappa shape index (κ2) is 49.5. The molecule has 0 radical (unpaired) electrons. The summed E-state index contributed by atoms with van der Waals surface area (Å²) in [5, 5.41) is 21.3. The summed E-state index contributed by atoms with van der Waals surface area (Å²) in [4.78, 5) is 73.9. The average Bonchev–Trinajstić information content (AvgIpc) is 0.797. The maximum atomic E-state index is 13.6. The van der Waals surface area contributed by atoms with Crippen molar-refractivity contribution in [3.05, 3.63) is 343 Å². The molecule has 0 saturated heterocycles. The highest BCUT2D eigenvalue weighted by molar-refractivity contribution is 5.85. The molecule has 1 atom stereocenters. The van der Waals surface area contributed by atoms with E-state index in [4.69, 9.17) is 18.9 Å². The summed E-state index contributed by atoms with van der Waals surface area (Å²) < 4.78 is 219. The van der Waals surface area contributed by atoms with Gasteiger partial charge in [-0.15, -0.1) is 0 Å². The van der Waals surface area contributed by atoms with Crippen LogP contribution in [-0.4, -0.2) is 58.4 Å². The van der Waals surface area contributed by atoms with Crippen LogP contribution in [0.4, 0.5) is 77.2 Å². The molecule has 636 valence electrons. The number of ether oxygens (including phenoxy) is 6. The van der Waals surface area contributed by atoms with Crippen molar-refractivity contribution in [3.63, 3.8) is 0 Å². The van der Waals surface area contributed by atoms with Gasteiger partial charge in [0.25, 0.3) is 17.8 Å². The Kier molecular flexibility index (Phi) is 43.1. The fourth-order valence-corrected chi connectivity index (χ4v) is 8.42. The molecule has 1 unspecified atom stereocenters. The van der Waals surface area contributed by atoms with Gasteiger partial charge >= 0.3 is 47.3 Å². The first kappa shape index (κ1) is 104. The Morgan fingerprint density at radius 2 is 0.874 bits per heavy atom. The van der Waals surface area contributed by atoms with Crippen molar-refractivity contribution in [2.75, 3.05) is 6.61 Å². The predicted octanol–water partition coefficient (Wildman–Crippen LogP) is 23.9. The number of benzene rings is 8. The Morgan fingerprint density at radius 1 is 0.454 bits per heavy atom. The predicted molar refractivity (Wildman–Crippen MR) is 421 cm³/mol. The normalized spacial score (nSPS) is 10.5. The fourth-order valence-electron chi connectivity index (χ4n) is 8.42. The summed E-state index contributed by atoms with van der Waals surface area (Å²) in [6, 6.07) is 32.0. The number of nitro groups is 2. The molecule has 0 amide bonds. The molecular formula is C87H83F15N2O15. The SMILES string of the molecule is C=CC(=O)OCCC(F)C(C)(F)F.C=CC(=O)Oc1cc(C)c(C)cc1C.C=CC(=O)Oc1cc(F)c(C)cc1[N+](=O)[O-].C=CC(=O)Oc1ccc(C)c(C)c1.C=CC(=O)Oc1ccc(C)cc1[N+](=O)[O-].C=Cc1ccc(C(C)(F)F)cc1.C=Cc1ccc(COc2c(F)c(F)c(C)c(F)c2F)cc1.CC(F)(F)c1ccc(C(F)=C(F)F)cc1. The van der Waals surface area contributed by atoms with Gasteiger partial charge in [-0.05, 0) is 135 Å². The molecule has 0 aromatic heterocycles. The van der Waals surface area contributed by atoms with Gasteiger partial charge in [0.1, 0.15) is 23.9 Å². The highest BCUT2D eigenvalue weighted by atomic mass is 19.3. The number of esters is 5. The average molecular weight is 1680 g/mol. The molecular weight excluding hydrogens is 1600 g/mol. The van der Waals surface area contributed by atoms with E-state index in [1.165, 1.54) is 42.3 Å². The van der Waals surface area contributed by atoms with Gasteiger partial charge in [0.2, 0.25) is 23.1 Å². The van der Waals surface area contributed by atoms with E-state index < -0.39 is 139 Å². The third-order valence-electron chi connectivity index (χ3n) is 15.4. The first-order chi connectivity index (χ1) is 55.3. The van der Waals surface area contributed by atoms with Crippen LogP contribution in [0.25, 0.3) is 18.0 Å². The van der Waals surface area contributed by atoms with Crippen LogP contribution < -0.4 is 23.7 Å². The number of aryl methyl sites for hydroxylation is 7. The highest BCUT2D eigenvalue weighted by Gasteiger charge is 2.34. The summed E-state index contributed by atoms with van der Waals surface area (Å²) in [5.74, 6) is -21.1. The molecule has 32 heteroatoms. The summed E-state index contributed by atoms with van der Waals surface area (Å²) in [6.45, 7) is 38.6. The molecule has 8 aromatic rings. The summed E-state index contributed by atoms with van der Waals surface area (Å²) in [5.41, 5.74) is 6.55. The Morgan fingerprint density at radius 3 is 1.30 bits per heavy atom. The molecule has 0 fully saturated rings. The van der Waals surface area contributed by atoms with Crippen molar-refractivity contribution in [2.45, 2.75) is 113 Å². The number of rotatable bonds is 23. The van der Waals surface area contributed by atoms with Gasteiger partial charge in [-0.25, -0.2) is 72.3 Å². The molecule has 0 aliphatic heterocycles. The van der Waals surface area contributed by atoms with Crippen LogP contribution in [0.15, 0.2) is 216 Å². The maximum absolute atomic E-state index is 13.6. The number of carbonyl (C=O) groups is 5. The molecule has 0 N–H and O–H groups in total. The minimum atomic E-state index is -3.39. The zero-order valence-corrected chi connectivity index (χ0v) is 66.1. The second-order valence-corrected chi connectivity index (χ2v) is 24.8. The standard InChI is InChI=1S/C16H12F4O.C12H14O2.C11H12O2.C10H7F5.C10H10F2.C10H8FNO4.C10H9NO4.C8H11F3O2/c1-3-10-4-6-11(7-5-10)8-21-16-14(19)12(17)9(2)13(18)15(16)20;1-5-12(13)14-11-7-9(3)8(2)6-10(11)4;1-4-11(12)13-10-6-5-8(2)9(3)7-10;1-10(14,15)7-4-2-6(3-5-7)8(11)9(12)13;1-3-8-4-6-9(7-5-8)10(2,11)12;1-3-10(13)16-9-5-7(11)6(2)4-8(9)12(14)15;1-3-10(12)15-9-5-4-7(2)6-8(9)11(13)14;1-3-7(12)13-5-4-6(9)8(2,10)11/h3-7H,1,8H2,2H3;5-7H,1H2,2-4H3;4-7H,1H2,2-3H3;2-5H,1H3;3-7H,1H2,2H3;3-5H,1H2,2H3;3-6H,1H2,2H3;3,6H,1,4-5H2,2H3. The van der Waals surface area contributed by atoms with E-state index in [9.17, 15) is 110 Å². The number of alkyl halides is 7. The van der Waals surface area contributed by atoms with Gasteiger partial charge in [0, 0.05) is 98.0 Å². The third-order valence-corrected chi connectivity index (χ3v) is 15.4. The summed E-state index contributed by atoms with van der Waals surface area (Å²) in [7, 11) is 0. The summed E-state index contributed by atoms with van der Waals surface area (Å²) in [6.07, 6.45) is 2.97. The zero-order chi connectivity index (χ0) is 91.2. The topological polar surface area (TPSA) is 227 Å². The maximum Gasteiger partial charge on any atom is 0.335 e. The highest BCUT2D eigenvalue weighted by Crippen LogP contribution is 2.35. The fraction of sp³-hybridized carbons (Fsp3) is 0.207. The van der Waals surface area contributed by atoms with Crippen LogP contribution >= 0.6 is 0 Å². The number of halogens is 15. The molecule has 0 spiro atoms. The molecule has 17 nitrogen and oxygen atoms in total. The number of carbonyl (C=O) groups excluding carboxylic acids is 5. The smallest absolute Gasteiger partial charge is 0.335 e. The zero-order valence-electron chi connectivity index (χ0n) is 66.1. The van der Waals surface area contributed by atoms with E-state index in [1.807, 2.05) is 58.9 Å².